The molecule has 3 amide bonds. The number of hydrogen-bond acceptors (Lipinski definition) is 5. The minimum atomic E-state index is -0.741. The molecule has 2 rings (SSSR count). The number of non-ortho nitro benzene ring substituents is 1. The molecule has 0 spiro atoms. The monoisotopic (exact) mass is 393 g/mol. The zero-order chi connectivity index (χ0) is 19.8. The first-order chi connectivity index (χ1) is 12.8. The molecule has 0 radical (unpaired) electrons. The van der Waals surface area contributed by atoms with E-state index in [-0.39, 0.29) is 16.4 Å². The molecule has 0 aliphatic carbocycles. The lowest BCUT2D eigenvalue weighted by Gasteiger charge is -2.08. The van der Waals surface area contributed by atoms with Gasteiger partial charge in [0, 0.05) is 12.1 Å². The third kappa shape index (κ3) is 6.36. The van der Waals surface area contributed by atoms with E-state index >= 15 is 0 Å². The van der Waals surface area contributed by atoms with E-state index < -0.39 is 29.2 Å². The van der Waals surface area contributed by atoms with Gasteiger partial charge in [-0.05, 0) is 23.8 Å². The van der Waals surface area contributed by atoms with Crippen LogP contribution in [0.4, 0.5) is 20.6 Å². The summed E-state index contributed by atoms with van der Waals surface area (Å²) in [6.07, 6.45) is 1.25. The molecule has 0 heterocycles. The number of rotatable bonds is 6. The molecule has 3 N–H and O–H groups in total. The van der Waals surface area contributed by atoms with Crippen LogP contribution in [0.25, 0.3) is 0 Å². The van der Waals surface area contributed by atoms with Crippen molar-refractivity contribution in [3.05, 3.63) is 69.0 Å². The van der Waals surface area contributed by atoms with Crippen LogP contribution in [0.15, 0.2) is 47.6 Å². The Labute approximate surface area is 157 Å². The molecular weight excluding hydrogens is 381 g/mol. The fraction of sp³-hybridized carbons (Fsp3) is 0.0625. The van der Waals surface area contributed by atoms with Crippen LogP contribution >= 0.6 is 11.6 Å². The van der Waals surface area contributed by atoms with Crippen molar-refractivity contribution in [3.63, 3.8) is 0 Å². The van der Waals surface area contributed by atoms with E-state index in [1.54, 1.807) is 6.07 Å². The molecule has 0 atom stereocenters. The summed E-state index contributed by atoms with van der Waals surface area (Å²) in [4.78, 5) is 33.4. The van der Waals surface area contributed by atoms with E-state index in [9.17, 15) is 24.1 Å². The molecule has 0 bridgehead atoms. The zero-order valence-corrected chi connectivity index (χ0v) is 14.4. The Morgan fingerprint density at radius 3 is 2.70 bits per heavy atom. The standard InChI is InChI=1S/C16H13ClFN5O4/c17-13-7-12(23(26)27)4-5-14(13)21-16(25)19-9-15(24)22-20-8-10-2-1-3-11(18)6-10/h1-8H,9H2,(H,22,24)(H2,19,21,25). The second kappa shape index (κ2) is 9.25. The maximum absolute atomic E-state index is 13.0. The normalized spacial score (nSPS) is 10.4. The summed E-state index contributed by atoms with van der Waals surface area (Å²) in [6.45, 7) is -0.392. The summed E-state index contributed by atoms with van der Waals surface area (Å²) in [5, 5.41) is 18.9. The van der Waals surface area contributed by atoms with Crippen LogP contribution in [0.5, 0.6) is 0 Å². The minimum Gasteiger partial charge on any atom is -0.329 e. The first-order valence-corrected chi connectivity index (χ1v) is 7.79. The predicted octanol–water partition coefficient (Wildman–Crippen LogP) is 2.66. The van der Waals surface area contributed by atoms with Crippen molar-refractivity contribution in [3.8, 4) is 0 Å². The van der Waals surface area contributed by atoms with E-state index in [0.29, 0.717) is 5.56 Å². The smallest absolute Gasteiger partial charge is 0.319 e. The van der Waals surface area contributed by atoms with Crippen LogP contribution in [0, 0.1) is 15.9 Å². The van der Waals surface area contributed by atoms with E-state index in [0.717, 1.165) is 6.07 Å². The van der Waals surface area contributed by atoms with Gasteiger partial charge in [0.05, 0.1) is 21.8 Å². The third-order valence-electron chi connectivity index (χ3n) is 3.07. The highest BCUT2D eigenvalue weighted by molar-refractivity contribution is 6.33. The van der Waals surface area contributed by atoms with Crippen molar-refractivity contribution in [2.24, 2.45) is 5.10 Å². The molecule has 11 heteroatoms. The number of anilines is 1. The molecule has 0 saturated carbocycles. The first-order valence-electron chi connectivity index (χ1n) is 7.41. The number of nitro groups is 1. The molecule has 0 aliphatic rings. The Morgan fingerprint density at radius 2 is 2.04 bits per heavy atom. The Hall–Kier alpha value is -3.53. The number of nitrogens with zero attached hydrogens (tertiary/aromatic N) is 2. The topological polar surface area (TPSA) is 126 Å². The van der Waals surface area contributed by atoms with Crippen LogP contribution in [-0.2, 0) is 4.79 Å². The number of benzene rings is 2. The van der Waals surface area contributed by atoms with Crippen LogP contribution in [0.1, 0.15) is 5.56 Å². The minimum absolute atomic E-state index is 0.0245. The predicted molar refractivity (Wildman–Crippen MR) is 97.3 cm³/mol. The van der Waals surface area contributed by atoms with E-state index in [1.807, 2.05) is 0 Å². The third-order valence-corrected chi connectivity index (χ3v) is 3.39. The molecule has 0 aromatic heterocycles. The number of hydrogen-bond donors (Lipinski definition) is 3. The maximum atomic E-state index is 13.0. The number of halogens is 2. The summed E-state index contributed by atoms with van der Waals surface area (Å²) in [6, 6.07) is 8.39. The highest BCUT2D eigenvalue weighted by Gasteiger charge is 2.12. The molecule has 9 nitrogen and oxygen atoms in total. The number of urea groups is 1. The Bertz CT molecular complexity index is 906. The Morgan fingerprint density at radius 1 is 1.26 bits per heavy atom. The highest BCUT2D eigenvalue weighted by atomic mass is 35.5. The molecule has 27 heavy (non-hydrogen) atoms. The average Bonchev–Trinajstić information content (AvgIpc) is 2.61. The van der Waals surface area contributed by atoms with E-state index in [2.05, 4.69) is 21.2 Å². The molecule has 0 aliphatic heterocycles. The number of amides is 3. The van der Waals surface area contributed by atoms with Crippen LogP contribution in [0.2, 0.25) is 5.02 Å². The quantitative estimate of drug-likeness (QED) is 0.396. The molecule has 0 unspecified atom stereocenters. The SMILES string of the molecule is O=C(CNC(=O)Nc1ccc([N+](=O)[O-])cc1Cl)NN=Cc1cccc(F)c1. The average molecular weight is 394 g/mol. The summed E-state index contributed by atoms with van der Waals surface area (Å²) < 4.78 is 13.0. The highest BCUT2D eigenvalue weighted by Crippen LogP contribution is 2.26. The van der Waals surface area contributed by atoms with Gasteiger partial charge in [0.15, 0.2) is 0 Å². The van der Waals surface area contributed by atoms with Crippen LogP contribution < -0.4 is 16.1 Å². The van der Waals surface area contributed by atoms with E-state index in [4.69, 9.17) is 11.6 Å². The van der Waals surface area contributed by atoms with Crippen molar-refractivity contribution in [2.75, 3.05) is 11.9 Å². The first kappa shape index (κ1) is 19.8. The van der Waals surface area contributed by atoms with Crippen LogP contribution in [-0.4, -0.2) is 29.6 Å². The Balaban J connectivity index is 1.79. The summed E-state index contributed by atoms with van der Waals surface area (Å²) >= 11 is 5.85. The summed E-state index contributed by atoms with van der Waals surface area (Å²) in [7, 11) is 0. The van der Waals surface area contributed by atoms with Gasteiger partial charge in [0.2, 0.25) is 0 Å². The lowest BCUT2D eigenvalue weighted by molar-refractivity contribution is -0.384. The van der Waals surface area contributed by atoms with Crippen LogP contribution in [0.3, 0.4) is 0 Å². The van der Waals surface area contributed by atoms with Gasteiger partial charge in [-0.15, -0.1) is 0 Å². The van der Waals surface area contributed by atoms with E-state index in [1.165, 1.54) is 36.5 Å². The Kier molecular flexibility index (Phi) is 6.78. The van der Waals surface area contributed by atoms with Crippen molar-refractivity contribution in [1.29, 1.82) is 0 Å². The van der Waals surface area contributed by atoms with Crippen molar-refractivity contribution >= 4 is 41.1 Å². The van der Waals surface area contributed by atoms with Gasteiger partial charge in [-0.25, -0.2) is 14.6 Å². The van der Waals surface area contributed by atoms with Gasteiger partial charge < -0.3 is 10.6 Å². The fourth-order valence-corrected chi connectivity index (χ4v) is 2.07. The second-order valence-corrected chi connectivity index (χ2v) is 5.48. The fourth-order valence-electron chi connectivity index (χ4n) is 1.85. The summed E-state index contributed by atoms with van der Waals surface area (Å²) in [5.74, 6) is -1.05. The van der Waals surface area contributed by atoms with Crippen molar-refractivity contribution in [2.45, 2.75) is 0 Å². The largest absolute Gasteiger partial charge is 0.329 e. The number of hydrazone groups is 1. The molecule has 2 aromatic rings. The molecule has 0 saturated heterocycles. The summed E-state index contributed by atoms with van der Waals surface area (Å²) in [5.41, 5.74) is 2.54. The molecule has 0 fully saturated rings. The maximum Gasteiger partial charge on any atom is 0.319 e. The van der Waals surface area contributed by atoms with Crippen molar-refractivity contribution < 1.29 is 18.9 Å². The lowest BCUT2D eigenvalue weighted by Crippen LogP contribution is -2.37. The van der Waals surface area contributed by atoms with Crippen molar-refractivity contribution in [1.82, 2.24) is 10.7 Å². The van der Waals surface area contributed by atoms with Gasteiger partial charge in [0.25, 0.3) is 11.6 Å². The molecule has 140 valence electrons. The molecular formula is C16H13ClFN5O4. The van der Waals surface area contributed by atoms with Gasteiger partial charge >= 0.3 is 6.03 Å². The number of nitrogens with one attached hydrogen (secondary N) is 3. The van der Waals surface area contributed by atoms with Gasteiger partial charge in [0.1, 0.15) is 12.4 Å². The number of carbonyl (C=O) groups excluding carboxylic acids is 2. The van der Waals surface area contributed by atoms with Gasteiger partial charge in [-0.1, -0.05) is 23.7 Å². The van der Waals surface area contributed by atoms with Gasteiger partial charge in [-0.2, -0.15) is 5.10 Å². The molecule has 2 aromatic carbocycles. The van der Waals surface area contributed by atoms with Gasteiger partial charge in [-0.3, -0.25) is 14.9 Å². The second-order valence-electron chi connectivity index (χ2n) is 5.08. The number of nitro benzene ring substituents is 1. The zero-order valence-electron chi connectivity index (χ0n) is 13.6. The lowest BCUT2D eigenvalue weighted by atomic mass is 10.2. The number of carbonyl (C=O) groups is 2.